The Kier molecular flexibility index (Phi) is 5.90. The van der Waals surface area contributed by atoms with Gasteiger partial charge in [-0.15, -0.1) is 0 Å². The molecule has 0 saturated carbocycles. The van der Waals surface area contributed by atoms with Gasteiger partial charge in [-0.25, -0.2) is 4.79 Å². The standard InChI is InChI=1S/C13H23F3N4O2/c1-12(2,3)22-11(21)20-8-6-19(7-9-20)10(17)18-5-4-13(14,15)16/h4-9H2,1-3H3,(H2,17,18). The first kappa shape index (κ1) is 18.4. The van der Waals surface area contributed by atoms with Crippen molar-refractivity contribution in [3.05, 3.63) is 0 Å². The normalized spacial score (nSPS) is 17.6. The van der Waals surface area contributed by atoms with Gasteiger partial charge in [-0.05, 0) is 20.8 Å². The lowest BCUT2D eigenvalue weighted by Gasteiger charge is -2.36. The van der Waals surface area contributed by atoms with Crippen LogP contribution in [0.1, 0.15) is 27.2 Å². The molecule has 0 aromatic heterocycles. The van der Waals surface area contributed by atoms with E-state index in [1.165, 1.54) is 0 Å². The third kappa shape index (κ3) is 6.86. The predicted molar refractivity (Wildman–Crippen MR) is 76.5 cm³/mol. The summed E-state index contributed by atoms with van der Waals surface area (Å²) < 4.78 is 41.4. The van der Waals surface area contributed by atoms with E-state index in [0.717, 1.165) is 0 Å². The maximum Gasteiger partial charge on any atom is 0.410 e. The second-order valence-corrected chi connectivity index (χ2v) is 6.06. The Morgan fingerprint density at radius 2 is 1.64 bits per heavy atom. The molecule has 22 heavy (non-hydrogen) atoms. The molecule has 1 saturated heterocycles. The van der Waals surface area contributed by atoms with Crippen LogP contribution in [-0.2, 0) is 4.74 Å². The molecule has 1 amide bonds. The first-order valence-corrected chi connectivity index (χ1v) is 7.07. The summed E-state index contributed by atoms with van der Waals surface area (Å²) in [6.45, 7) is 6.59. The van der Waals surface area contributed by atoms with Gasteiger partial charge in [-0.1, -0.05) is 0 Å². The average molecular weight is 324 g/mol. The van der Waals surface area contributed by atoms with Crippen molar-refractivity contribution in [1.82, 2.24) is 9.80 Å². The third-order valence-corrected chi connectivity index (χ3v) is 2.92. The maximum absolute atomic E-state index is 12.0. The van der Waals surface area contributed by atoms with Gasteiger partial charge in [0.1, 0.15) is 5.60 Å². The number of nitrogens with two attached hydrogens (primary N) is 1. The quantitative estimate of drug-likeness (QED) is 0.621. The monoisotopic (exact) mass is 324 g/mol. The molecule has 0 aromatic carbocycles. The second kappa shape index (κ2) is 7.06. The largest absolute Gasteiger partial charge is 0.444 e. The minimum atomic E-state index is -4.24. The van der Waals surface area contributed by atoms with Crippen LogP contribution in [-0.4, -0.2) is 66.4 Å². The van der Waals surface area contributed by atoms with Crippen molar-refractivity contribution in [3.63, 3.8) is 0 Å². The van der Waals surface area contributed by atoms with Crippen LogP contribution in [0.2, 0.25) is 0 Å². The van der Waals surface area contributed by atoms with Crippen LogP contribution in [0, 0.1) is 0 Å². The Bertz CT molecular complexity index is 410. The highest BCUT2D eigenvalue weighted by Crippen LogP contribution is 2.19. The van der Waals surface area contributed by atoms with Crippen molar-refractivity contribution < 1.29 is 22.7 Å². The Hall–Kier alpha value is -1.67. The first-order chi connectivity index (χ1) is 9.98. The molecule has 0 aromatic rings. The molecule has 9 heteroatoms. The van der Waals surface area contributed by atoms with Crippen molar-refractivity contribution in [2.24, 2.45) is 10.7 Å². The summed E-state index contributed by atoms with van der Waals surface area (Å²) in [4.78, 5) is 18.8. The number of nitrogens with zero attached hydrogens (tertiary/aromatic N) is 3. The molecule has 128 valence electrons. The number of piperazine rings is 1. The van der Waals surface area contributed by atoms with Crippen LogP contribution in [0.3, 0.4) is 0 Å². The Morgan fingerprint density at radius 3 is 2.09 bits per heavy atom. The molecule has 1 rings (SSSR count). The predicted octanol–water partition coefficient (Wildman–Crippen LogP) is 1.81. The first-order valence-electron chi connectivity index (χ1n) is 7.07. The topological polar surface area (TPSA) is 71.2 Å². The van der Waals surface area contributed by atoms with Gasteiger partial charge in [0.15, 0.2) is 5.96 Å². The lowest BCUT2D eigenvalue weighted by atomic mass is 10.2. The number of hydrogen-bond acceptors (Lipinski definition) is 3. The summed E-state index contributed by atoms with van der Waals surface area (Å²) >= 11 is 0. The molecule has 0 aliphatic carbocycles. The molecule has 0 bridgehead atoms. The molecule has 1 heterocycles. The number of carbonyl (C=O) groups excluding carboxylic acids is 1. The minimum absolute atomic E-state index is 0.0769. The van der Waals surface area contributed by atoms with Crippen molar-refractivity contribution in [3.8, 4) is 0 Å². The lowest BCUT2D eigenvalue weighted by molar-refractivity contribution is -0.132. The van der Waals surface area contributed by atoms with E-state index in [9.17, 15) is 18.0 Å². The molecule has 2 N–H and O–H groups in total. The number of guanidine groups is 1. The van der Waals surface area contributed by atoms with Gasteiger partial charge in [0.25, 0.3) is 0 Å². The van der Waals surface area contributed by atoms with E-state index >= 15 is 0 Å². The lowest BCUT2D eigenvalue weighted by Crippen LogP contribution is -2.53. The molecule has 0 spiro atoms. The molecule has 1 aliphatic heterocycles. The van der Waals surface area contributed by atoms with Crippen LogP contribution >= 0.6 is 0 Å². The number of carbonyl (C=O) groups is 1. The van der Waals surface area contributed by atoms with E-state index < -0.39 is 24.3 Å². The van der Waals surface area contributed by atoms with Crippen molar-refractivity contribution in [1.29, 1.82) is 0 Å². The van der Waals surface area contributed by atoms with Gasteiger partial charge >= 0.3 is 12.3 Å². The summed E-state index contributed by atoms with van der Waals surface area (Å²) in [6.07, 6.45) is -5.63. The van der Waals surface area contributed by atoms with Gasteiger partial charge in [-0.2, -0.15) is 13.2 Å². The number of halogens is 3. The zero-order valence-electron chi connectivity index (χ0n) is 13.1. The molecule has 6 nitrogen and oxygen atoms in total. The Morgan fingerprint density at radius 1 is 1.14 bits per heavy atom. The van der Waals surface area contributed by atoms with Gasteiger partial charge in [-0.3, -0.25) is 4.99 Å². The highest BCUT2D eigenvalue weighted by molar-refractivity contribution is 5.78. The summed E-state index contributed by atoms with van der Waals surface area (Å²) in [5.41, 5.74) is 5.11. The van der Waals surface area contributed by atoms with Crippen LogP contribution in [0.5, 0.6) is 0 Å². The average Bonchev–Trinajstić information content (AvgIpc) is 2.35. The SMILES string of the molecule is CC(C)(C)OC(=O)N1CCN(C(N)=NCCC(F)(F)F)CC1. The van der Waals surface area contributed by atoms with E-state index in [1.54, 1.807) is 30.6 Å². The number of ether oxygens (including phenoxy) is 1. The fraction of sp³-hybridized carbons (Fsp3) is 0.846. The van der Waals surface area contributed by atoms with Gasteiger partial charge in [0.2, 0.25) is 0 Å². The van der Waals surface area contributed by atoms with E-state index in [1.807, 2.05) is 0 Å². The number of hydrogen-bond donors (Lipinski definition) is 1. The van der Waals surface area contributed by atoms with Crippen LogP contribution in [0.25, 0.3) is 0 Å². The molecule has 1 fully saturated rings. The van der Waals surface area contributed by atoms with Gasteiger partial charge in [0.05, 0.1) is 13.0 Å². The molecular formula is C13H23F3N4O2. The fourth-order valence-corrected chi connectivity index (χ4v) is 1.84. The van der Waals surface area contributed by atoms with Crippen LogP contribution in [0.4, 0.5) is 18.0 Å². The molecule has 1 aliphatic rings. The zero-order chi connectivity index (χ0) is 17.0. The van der Waals surface area contributed by atoms with E-state index in [-0.39, 0.29) is 12.5 Å². The van der Waals surface area contributed by atoms with E-state index in [2.05, 4.69) is 4.99 Å². The Labute approximate surface area is 128 Å². The number of amides is 1. The third-order valence-electron chi connectivity index (χ3n) is 2.92. The number of alkyl halides is 3. The zero-order valence-corrected chi connectivity index (χ0v) is 13.1. The molecule has 0 atom stereocenters. The maximum atomic E-state index is 12.0. The summed E-state index contributed by atoms with van der Waals surface area (Å²) in [7, 11) is 0. The van der Waals surface area contributed by atoms with E-state index in [4.69, 9.17) is 10.5 Å². The minimum Gasteiger partial charge on any atom is -0.444 e. The Balaban J connectivity index is 2.41. The highest BCUT2D eigenvalue weighted by Gasteiger charge is 2.28. The van der Waals surface area contributed by atoms with Crippen molar-refractivity contribution in [2.45, 2.75) is 39.0 Å². The molecule has 0 unspecified atom stereocenters. The highest BCUT2D eigenvalue weighted by atomic mass is 19.4. The smallest absolute Gasteiger partial charge is 0.410 e. The summed E-state index contributed by atoms with van der Waals surface area (Å²) in [5, 5.41) is 0. The van der Waals surface area contributed by atoms with Crippen LogP contribution < -0.4 is 5.73 Å². The van der Waals surface area contributed by atoms with Crippen molar-refractivity contribution >= 4 is 12.1 Å². The second-order valence-electron chi connectivity index (χ2n) is 6.06. The summed E-state index contributed by atoms with van der Waals surface area (Å²) in [6, 6.07) is 0. The van der Waals surface area contributed by atoms with E-state index in [0.29, 0.717) is 26.2 Å². The number of aliphatic imine (C=N–C) groups is 1. The molecule has 0 radical (unpaired) electrons. The van der Waals surface area contributed by atoms with Gasteiger partial charge < -0.3 is 20.3 Å². The fourth-order valence-electron chi connectivity index (χ4n) is 1.84. The van der Waals surface area contributed by atoms with Crippen LogP contribution in [0.15, 0.2) is 4.99 Å². The number of rotatable bonds is 2. The molecular weight excluding hydrogens is 301 g/mol. The van der Waals surface area contributed by atoms with Gasteiger partial charge in [0, 0.05) is 26.2 Å². The van der Waals surface area contributed by atoms with Crippen molar-refractivity contribution in [2.75, 3.05) is 32.7 Å². The summed E-state index contributed by atoms with van der Waals surface area (Å²) in [5.74, 6) is 0.0769.